The Kier molecular flexibility index (Phi) is 8.21. The van der Waals surface area contributed by atoms with E-state index in [9.17, 15) is 9.59 Å². The van der Waals surface area contributed by atoms with Gasteiger partial charge >= 0.3 is 0 Å². The van der Waals surface area contributed by atoms with Crippen LogP contribution in [0.15, 0.2) is 54.7 Å². The van der Waals surface area contributed by atoms with Gasteiger partial charge in [0, 0.05) is 24.2 Å². The van der Waals surface area contributed by atoms with Gasteiger partial charge in [-0.15, -0.1) is 6.58 Å². The first kappa shape index (κ1) is 25.6. The van der Waals surface area contributed by atoms with Crippen LogP contribution in [0, 0.1) is 19.8 Å². The van der Waals surface area contributed by atoms with E-state index < -0.39 is 11.1 Å². The lowest BCUT2D eigenvalue weighted by molar-refractivity contribution is -0.125. The SMILES string of the molecule is C=CCOCC1C(C(=O)NN(C(=O)c2cc(C)cc(C)c2)C(C)(C)C)=CC=CC1(C)OC. The molecule has 0 aromatic heterocycles. The van der Waals surface area contributed by atoms with Crippen molar-refractivity contribution in [3.8, 4) is 0 Å². The van der Waals surface area contributed by atoms with E-state index in [1.165, 1.54) is 5.01 Å². The second-order valence-electron chi connectivity index (χ2n) is 9.38. The van der Waals surface area contributed by atoms with Crippen LogP contribution >= 0.6 is 0 Å². The van der Waals surface area contributed by atoms with Gasteiger partial charge < -0.3 is 9.47 Å². The molecule has 6 nitrogen and oxygen atoms in total. The number of hydrazine groups is 1. The summed E-state index contributed by atoms with van der Waals surface area (Å²) in [5, 5.41) is 1.40. The number of hydrogen-bond donors (Lipinski definition) is 1. The van der Waals surface area contributed by atoms with Gasteiger partial charge in [0.2, 0.25) is 0 Å². The van der Waals surface area contributed by atoms with Crippen molar-refractivity contribution in [2.75, 3.05) is 20.3 Å². The summed E-state index contributed by atoms with van der Waals surface area (Å²) in [6, 6.07) is 5.67. The monoisotopic (exact) mass is 440 g/mol. The van der Waals surface area contributed by atoms with E-state index >= 15 is 0 Å². The molecule has 0 aliphatic heterocycles. The summed E-state index contributed by atoms with van der Waals surface area (Å²) in [4.78, 5) is 26.8. The minimum atomic E-state index is -0.715. The number of methoxy groups -OCH3 is 1. The summed E-state index contributed by atoms with van der Waals surface area (Å²) in [6.07, 6.45) is 7.12. The molecular formula is C26H36N2O4. The Hall–Kier alpha value is -2.70. The Balaban J connectivity index is 2.35. The number of allylic oxidation sites excluding steroid dienone is 2. The Bertz CT molecular complexity index is 906. The average Bonchev–Trinajstić information content (AvgIpc) is 2.71. The molecule has 0 saturated heterocycles. The highest BCUT2D eigenvalue weighted by Crippen LogP contribution is 2.33. The van der Waals surface area contributed by atoms with Crippen molar-refractivity contribution in [2.24, 2.45) is 5.92 Å². The zero-order chi connectivity index (χ0) is 24.1. The van der Waals surface area contributed by atoms with Crippen molar-refractivity contribution in [1.29, 1.82) is 0 Å². The first-order valence-electron chi connectivity index (χ1n) is 10.8. The second-order valence-corrected chi connectivity index (χ2v) is 9.38. The molecule has 2 atom stereocenters. The van der Waals surface area contributed by atoms with Crippen LogP contribution in [0.3, 0.4) is 0 Å². The maximum atomic E-state index is 13.4. The fraction of sp³-hybridized carbons (Fsp3) is 0.462. The Morgan fingerprint density at radius 1 is 1.22 bits per heavy atom. The minimum Gasteiger partial charge on any atom is -0.377 e. The highest BCUT2D eigenvalue weighted by Gasteiger charge is 2.40. The van der Waals surface area contributed by atoms with Gasteiger partial charge in [0.15, 0.2) is 0 Å². The standard InChI is InChI=1S/C26H36N2O4/c1-9-13-32-17-22-21(11-10-12-26(22,7)31-8)23(29)27-28(25(4,5)6)24(30)20-15-18(2)14-19(3)16-20/h9-12,14-16,22H,1,13,17H2,2-8H3,(H,27,29). The zero-order valence-electron chi connectivity index (χ0n) is 20.3. The molecule has 2 amide bonds. The number of aryl methyl sites for hydroxylation is 2. The number of ether oxygens (including phenoxy) is 2. The van der Waals surface area contributed by atoms with Gasteiger partial charge in [0.25, 0.3) is 11.8 Å². The predicted molar refractivity (Wildman–Crippen MR) is 127 cm³/mol. The van der Waals surface area contributed by atoms with Crippen molar-refractivity contribution in [1.82, 2.24) is 10.4 Å². The Morgan fingerprint density at radius 2 is 1.84 bits per heavy atom. The fourth-order valence-electron chi connectivity index (χ4n) is 3.77. The summed E-state index contributed by atoms with van der Waals surface area (Å²) in [5.41, 5.74) is 4.50. The van der Waals surface area contributed by atoms with Gasteiger partial charge in [0.1, 0.15) is 0 Å². The molecule has 1 N–H and O–H groups in total. The molecule has 1 aromatic carbocycles. The van der Waals surface area contributed by atoms with Crippen LogP contribution in [-0.2, 0) is 14.3 Å². The highest BCUT2D eigenvalue weighted by molar-refractivity contribution is 6.00. The molecule has 0 bridgehead atoms. The first-order valence-corrected chi connectivity index (χ1v) is 10.8. The number of nitrogens with one attached hydrogen (secondary N) is 1. The van der Waals surface area contributed by atoms with E-state index in [4.69, 9.17) is 9.47 Å². The summed E-state index contributed by atoms with van der Waals surface area (Å²) in [7, 11) is 1.61. The number of rotatable bonds is 7. The number of hydrogen-bond acceptors (Lipinski definition) is 4. The zero-order valence-corrected chi connectivity index (χ0v) is 20.3. The van der Waals surface area contributed by atoms with Gasteiger partial charge in [-0.25, -0.2) is 5.01 Å². The van der Waals surface area contributed by atoms with Crippen LogP contribution in [-0.4, -0.2) is 48.3 Å². The van der Waals surface area contributed by atoms with Crippen molar-refractivity contribution in [2.45, 2.75) is 52.7 Å². The molecule has 0 heterocycles. The van der Waals surface area contributed by atoms with Crippen molar-refractivity contribution < 1.29 is 19.1 Å². The lowest BCUT2D eigenvalue weighted by Crippen LogP contribution is -2.57. The summed E-state index contributed by atoms with van der Waals surface area (Å²) >= 11 is 0. The molecular weight excluding hydrogens is 404 g/mol. The fourth-order valence-corrected chi connectivity index (χ4v) is 3.77. The van der Waals surface area contributed by atoms with Crippen LogP contribution < -0.4 is 5.43 Å². The van der Waals surface area contributed by atoms with E-state index in [1.54, 1.807) is 25.3 Å². The number of amides is 2. The molecule has 1 aliphatic rings. The van der Waals surface area contributed by atoms with Gasteiger partial charge in [-0.05, 0) is 53.7 Å². The van der Waals surface area contributed by atoms with Crippen molar-refractivity contribution in [3.05, 3.63) is 71.3 Å². The van der Waals surface area contributed by atoms with Crippen LogP contribution in [0.2, 0.25) is 0 Å². The van der Waals surface area contributed by atoms with E-state index in [0.717, 1.165) is 11.1 Å². The molecule has 2 unspecified atom stereocenters. The third-order valence-electron chi connectivity index (χ3n) is 5.55. The largest absolute Gasteiger partial charge is 0.377 e. The van der Waals surface area contributed by atoms with Gasteiger partial charge in [0.05, 0.1) is 24.4 Å². The van der Waals surface area contributed by atoms with Crippen LogP contribution in [0.25, 0.3) is 0 Å². The van der Waals surface area contributed by atoms with Crippen molar-refractivity contribution >= 4 is 11.8 Å². The number of nitrogens with zero attached hydrogens (tertiary/aromatic N) is 1. The van der Waals surface area contributed by atoms with Gasteiger partial charge in [-0.2, -0.15) is 0 Å². The van der Waals surface area contributed by atoms with Gasteiger partial charge in [-0.3, -0.25) is 15.0 Å². The van der Waals surface area contributed by atoms with E-state index in [1.807, 2.05) is 65.8 Å². The summed E-state index contributed by atoms with van der Waals surface area (Å²) < 4.78 is 11.4. The third-order valence-corrected chi connectivity index (χ3v) is 5.55. The minimum absolute atomic E-state index is 0.265. The van der Waals surface area contributed by atoms with Gasteiger partial charge in [-0.1, -0.05) is 41.5 Å². The van der Waals surface area contributed by atoms with Crippen LogP contribution in [0.1, 0.15) is 49.2 Å². The molecule has 1 aliphatic carbocycles. The average molecular weight is 441 g/mol. The van der Waals surface area contributed by atoms with Crippen LogP contribution in [0.4, 0.5) is 0 Å². The Labute approximate surface area is 191 Å². The van der Waals surface area contributed by atoms with E-state index in [0.29, 0.717) is 17.7 Å². The number of benzene rings is 1. The normalized spacial score (nSPS) is 20.5. The summed E-state index contributed by atoms with van der Waals surface area (Å²) in [5.74, 6) is -0.980. The number of carbonyl (C=O) groups excluding carboxylic acids is 2. The predicted octanol–water partition coefficient (Wildman–Crippen LogP) is 4.30. The molecule has 32 heavy (non-hydrogen) atoms. The van der Waals surface area contributed by atoms with Crippen LogP contribution in [0.5, 0.6) is 0 Å². The molecule has 2 rings (SSSR count). The second kappa shape index (κ2) is 10.3. The molecule has 0 fully saturated rings. The quantitative estimate of drug-likeness (QED) is 0.390. The highest BCUT2D eigenvalue weighted by atomic mass is 16.5. The molecule has 0 spiro atoms. The molecule has 6 heteroatoms. The number of carbonyl (C=O) groups is 2. The van der Waals surface area contributed by atoms with Crippen molar-refractivity contribution in [3.63, 3.8) is 0 Å². The first-order chi connectivity index (χ1) is 14.9. The third kappa shape index (κ3) is 5.96. The van der Waals surface area contributed by atoms with E-state index in [2.05, 4.69) is 12.0 Å². The maximum Gasteiger partial charge on any atom is 0.272 e. The smallest absolute Gasteiger partial charge is 0.272 e. The van der Waals surface area contributed by atoms with E-state index in [-0.39, 0.29) is 24.3 Å². The molecule has 0 saturated carbocycles. The molecule has 174 valence electrons. The summed E-state index contributed by atoms with van der Waals surface area (Å²) in [6.45, 7) is 15.8. The Morgan fingerprint density at radius 3 is 2.38 bits per heavy atom. The molecule has 0 radical (unpaired) electrons. The maximum absolute atomic E-state index is 13.4. The topological polar surface area (TPSA) is 67.9 Å². The lowest BCUT2D eigenvalue weighted by Gasteiger charge is -2.39. The molecule has 1 aromatic rings. The lowest BCUT2D eigenvalue weighted by atomic mass is 9.79.